The minimum absolute atomic E-state index is 0. The van der Waals surface area contributed by atoms with Crippen LogP contribution in [-0.4, -0.2) is 17.3 Å². The molecule has 0 aliphatic heterocycles. The highest BCUT2D eigenvalue weighted by Crippen LogP contribution is 2.36. The van der Waals surface area contributed by atoms with Crippen molar-refractivity contribution in [3.8, 4) is 5.75 Å². The van der Waals surface area contributed by atoms with Crippen LogP contribution < -0.4 is 4.74 Å². The quantitative estimate of drug-likeness (QED) is 0.653. The van der Waals surface area contributed by atoms with Gasteiger partial charge in [0.1, 0.15) is 5.75 Å². The highest BCUT2D eigenvalue weighted by molar-refractivity contribution is 6.25. The van der Waals surface area contributed by atoms with Gasteiger partial charge >= 0.3 is 0 Å². The van der Waals surface area contributed by atoms with Gasteiger partial charge in [-0.25, -0.2) is 0 Å². The Morgan fingerprint density at radius 1 is 1.35 bits per heavy atom. The molecular formula is C14H21ClO2. The Morgan fingerprint density at radius 3 is 2.29 bits per heavy atom. The molecule has 1 fully saturated rings. The zero-order valence-corrected chi connectivity index (χ0v) is 10.4. The molecular weight excluding hydrogens is 236 g/mol. The molecule has 17 heavy (non-hydrogen) atoms. The Hall–Kier alpha value is -0.990. The highest BCUT2D eigenvalue weighted by atomic mass is 35.5. The third-order valence-electron chi connectivity index (χ3n) is 2.12. The fourth-order valence-corrected chi connectivity index (χ4v) is 1.49. The van der Waals surface area contributed by atoms with Crippen LogP contribution >= 0.6 is 11.6 Å². The summed E-state index contributed by atoms with van der Waals surface area (Å²) in [6.07, 6.45) is 3.08. The van der Waals surface area contributed by atoms with Gasteiger partial charge in [-0.3, -0.25) is 0 Å². The van der Waals surface area contributed by atoms with E-state index in [-0.39, 0.29) is 19.6 Å². The molecule has 3 heteroatoms. The first kappa shape index (κ1) is 16.0. The Morgan fingerprint density at radius 2 is 1.88 bits per heavy atom. The third kappa shape index (κ3) is 5.24. The van der Waals surface area contributed by atoms with Crippen LogP contribution in [0, 0.1) is 0 Å². The number of aliphatic hydroxyl groups is 1. The van der Waals surface area contributed by atoms with Gasteiger partial charge in [-0.2, -0.15) is 0 Å². The maximum atomic E-state index is 8.53. The van der Waals surface area contributed by atoms with Crippen molar-refractivity contribution in [3.63, 3.8) is 0 Å². The molecule has 0 aromatic heterocycles. The number of ether oxygens (including phenoxy) is 1. The molecule has 0 radical (unpaired) electrons. The van der Waals surface area contributed by atoms with Crippen LogP contribution in [0.25, 0.3) is 6.08 Å². The van der Waals surface area contributed by atoms with Gasteiger partial charge in [0.05, 0.1) is 5.38 Å². The van der Waals surface area contributed by atoms with E-state index in [1.807, 2.05) is 38.1 Å². The van der Waals surface area contributed by atoms with Crippen molar-refractivity contribution >= 4 is 17.7 Å². The van der Waals surface area contributed by atoms with Crippen LogP contribution in [0.2, 0.25) is 0 Å². The van der Waals surface area contributed by atoms with E-state index < -0.39 is 0 Å². The molecule has 0 spiro atoms. The predicted molar refractivity (Wildman–Crippen MR) is 74.5 cm³/mol. The van der Waals surface area contributed by atoms with E-state index in [2.05, 4.69) is 6.08 Å². The lowest BCUT2D eigenvalue weighted by Gasteiger charge is -2.01. The topological polar surface area (TPSA) is 29.5 Å². The van der Waals surface area contributed by atoms with Crippen LogP contribution in [-0.2, 0) is 0 Å². The van der Waals surface area contributed by atoms with E-state index in [9.17, 15) is 0 Å². The van der Waals surface area contributed by atoms with Crippen molar-refractivity contribution in [2.45, 2.75) is 33.1 Å². The van der Waals surface area contributed by atoms with Gasteiger partial charge in [-0.05, 0) is 29.7 Å². The van der Waals surface area contributed by atoms with Gasteiger partial charge in [-0.1, -0.05) is 39.5 Å². The van der Waals surface area contributed by atoms with Crippen molar-refractivity contribution in [2.75, 3.05) is 6.79 Å². The molecule has 0 amide bonds. The van der Waals surface area contributed by atoms with E-state index in [0.717, 1.165) is 12.0 Å². The van der Waals surface area contributed by atoms with Crippen LogP contribution in [0.5, 0.6) is 5.75 Å². The zero-order valence-electron chi connectivity index (χ0n) is 9.61. The minimum Gasteiger partial charge on any atom is -0.468 e. The maximum Gasteiger partial charge on any atom is 0.186 e. The number of rotatable bonds is 3. The third-order valence-corrected chi connectivity index (χ3v) is 2.56. The second-order valence-electron chi connectivity index (χ2n) is 3.23. The fourth-order valence-electron chi connectivity index (χ4n) is 1.25. The Labute approximate surface area is 109 Å². The molecule has 0 saturated heterocycles. The van der Waals surface area contributed by atoms with E-state index in [0.29, 0.717) is 5.75 Å². The van der Waals surface area contributed by atoms with E-state index >= 15 is 0 Å². The number of allylic oxidation sites excluding steroid dienone is 1. The van der Waals surface area contributed by atoms with E-state index in [1.54, 1.807) is 0 Å². The fraction of sp³-hybridized carbons (Fsp3) is 0.429. The summed E-state index contributed by atoms with van der Waals surface area (Å²) < 4.78 is 4.91. The van der Waals surface area contributed by atoms with Crippen LogP contribution in [0.1, 0.15) is 33.3 Å². The SMILES string of the molecule is C.CC.OCOc1ccc(/C=C2/CC2Cl)cc1. The molecule has 1 N–H and O–H groups in total. The lowest BCUT2D eigenvalue weighted by molar-refractivity contribution is 0.0985. The molecule has 1 atom stereocenters. The minimum atomic E-state index is -0.288. The van der Waals surface area contributed by atoms with E-state index in [4.69, 9.17) is 21.4 Å². The van der Waals surface area contributed by atoms with Crippen molar-refractivity contribution < 1.29 is 9.84 Å². The number of benzene rings is 1. The zero-order chi connectivity index (χ0) is 12.0. The lowest BCUT2D eigenvalue weighted by Crippen LogP contribution is -1.93. The highest BCUT2D eigenvalue weighted by Gasteiger charge is 2.26. The second-order valence-corrected chi connectivity index (χ2v) is 3.76. The number of hydrogen-bond acceptors (Lipinski definition) is 2. The molecule has 96 valence electrons. The van der Waals surface area contributed by atoms with Crippen LogP contribution in [0.3, 0.4) is 0 Å². The molecule has 1 saturated carbocycles. The number of halogens is 1. The first-order valence-electron chi connectivity index (χ1n) is 5.48. The van der Waals surface area contributed by atoms with Crippen molar-refractivity contribution in [2.24, 2.45) is 0 Å². The Bertz CT molecular complexity index is 344. The molecule has 0 heterocycles. The van der Waals surface area contributed by atoms with Gasteiger partial charge in [0.15, 0.2) is 6.79 Å². The summed E-state index contributed by atoms with van der Waals surface area (Å²) in [7, 11) is 0. The Balaban J connectivity index is 0.000000811. The number of aliphatic hydroxyl groups excluding tert-OH is 1. The smallest absolute Gasteiger partial charge is 0.186 e. The molecule has 1 aromatic rings. The Kier molecular flexibility index (Phi) is 7.68. The largest absolute Gasteiger partial charge is 0.468 e. The predicted octanol–water partition coefficient (Wildman–Crippen LogP) is 4.07. The summed E-state index contributed by atoms with van der Waals surface area (Å²) in [5.41, 5.74) is 2.40. The van der Waals surface area contributed by atoms with Gasteiger partial charge in [-0.15, -0.1) is 11.6 Å². The number of alkyl halides is 1. The molecule has 1 unspecified atom stereocenters. The molecule has 2 rings (SSSR count). The number of hydrogen-bond donors (Lipinski definition) is 1. The summed E-state index contributed by atoms with van der Waals surface area (Å²) in [6, 6.07) is 7.54. The van der Waals surface area contributed by atoms with Crippen LogP contribution in [0.4, 0.5) is 0 Å². The summed E-state index contributed by atoms with van der Waals surface area (Å²) in [4.78, 5) is 0. The standard InChI is InChI=1S/C11H11ClO2.C2H6.CH4/c12-11-6-9(11)5-8-1-3-10(4-2-8)14-7-13;1-2;/h1-5,11,13H,6-7H2;1-2H3;1H4/b9-5-;;. The van der Waals surface area contributed by atoms with Crippen molar-refractivity contribution in [3.05, 3.63) is 35.4 Å². The molecule has 1 aromatic carbocycles. The monoisotopic (exact) mass is 256 g/mol. The first-order chi connectivity index (χ1) is 7.79. The van der Waals surface area contributed by atoms with Gasteiger partial charge in [0.2, 0.25) is 0 Å². The van der Waals surface area contributed by atoms with Crippen molar-refractivity contribution in [1.29, 1.82) is 0 Å². The van der Waals surface area contributed by atoms with Gasteiger partial charge in [0.25, 0.3) is 0 Å². The second kappa shape index (κ2) is 8.15. The summed E-state index contributed by atoms with van der Waals surface area (Å²) in [5, 5.41) is 8.77. The normalized spacial score (nSPS) is 18.8. The average Bonchev–Trinajstić information content (AvgIpc) is 3.00. The van der Waals surface area contributed by atoms with Crippen LogP contribution in [0.15, 0.2) is 29.8 Å². The van der Waals surface area contributed by atoms with Crippen molar-refractivity contribution in [1.82, 2.24) is 0 Å². The molecule has 1 aliphatic carbocycles. The summed E-state index contributed by atoms with van der Waals surface area (Å²) in [6.45, 7) is 3.71. The first-order valence-corrected chi connectivity index (χ1v) is 5.91. The van der Waals surface area contributed by atoms with Gasteiger partial charge < -0.3 is 9.84 Å². The lowest BCUT2D eigenvalue weighted by atomic mass is 10.2. The summed E-state index contributed by atoms with van der Waals surface area (Å²) in [5.74, 6) is 0.674. The van der Waals surface area contributed by atoms with E-state index in [1.165, 1.54) is 5.57 Å². The average molecular weight is 257 g/mol. The maximum absolute atomic E-state index is 8.53. The molecule has 2 nitrogen and oxygen atoms in total. The summed E-state index contributed by atoms with van der Waals surface area (Å²) >= 11 is 5.86. The molecule has 1 aliphatic rings. The molecule has 0 bridgehead atoms. The van der Waals surface area contributed by atoms with Gasteiger partial charge in [0, 0.05) is 0 Å².